The molecule has 0 heterocycles. The lowest BCUT2D eigenvalue weighted by Gasteiger charge is -2.16. The van der Waals surface area contributed by atoms with Crippen LogP contribution >= 0.6 is 0 Å². The second-order valence-electron chi connectivity index (χ2n) is 6.74. The molecule has 5 heteroatoms. The molecule has 2 fully saturated rings. The van der Waals surface area contributed by atoms with E-state index < -0.39 is 0 Å². The van der Waals surface area contributed by atoms with Gasteiger partial charge in [0.2, 0.25) is 11.8 Å². The van der Waals surface area contributed by atoms with Crippen LogP contribution in [0.25, 0.3) is 0 Å². The van der Waals surface area contributed by atoms with Crippen LogP contribution in [0.3, 0.4) is 0 Å². The Morgan fingerprint density at radius 2 is 1.62 bits per heavy atom. The molecule has 120 valence electrons. The van der Waals surface area contributed by atoms with E-state index in [4.69, 9.17) is 0 Å². The first kappa shape index (κ1) is 16.3. The molecule has 2 rings (SSSR count). The lowest BCUT2D eigenvalue weighted by Crippen LogP contribution is -2.37. The van der Waals surface area contributed by atoms with Crippen molar-refractivity contribution in [1.29, 1.82) is 0 Å². The van der Waals surface area contributed by atoms with Crippen molar-refractivity contribution in [2.75, 3.05) is 27.2 Å². The standard InChI is InChI=1S/C16H29N3O2/c1-19(2)10-9-17-15(20)13-11-14(13)16(21)18-12-7-5-3-4-6-8-12/h12-14H,3-11H2,1-2H3,(H,17,20)(H,18,21). The van der Waals surface area contributed by atoms with Crippen molar-refractivity contribution in [3.05, 3.63) is 0 Å². The Bertz CT molecular complexity index is 363. The number of nitrogens with one attached hydrogen (secondary N) is 2. The summed E-state index contributed by atoms with van der Waals surface area (Å²) in [6, 6.07) is 0.332. The van der Waals surface area contributed by atoms with Gasteiger partial charge in [-0.2, -0.15) is 0 Å². The zero-order chi connectivity index (χ0) is 15.2. The summed E-state index contributed by atoms with van der Waals surface area (Å²) in [5, 5.41) is 6.07. The molecule has 0 bridgehead atoms. The van der Waals surface area contributed by atoms with Crippen LogP contribution in [0.5, 0.6) is 0 Å². The molecule has 2 aliphatic rings. The molecule has 2 N–H and O–H groups in total. The first-order valence-electron chi connectivity index (χ1n) is 8.30. The first-order valence-corrected chi connectivity index (χ1v) is 8.30. The summed E-state index contributed by atoms with van der Waals surface area (Å²) in [7, 11) is 3.96. The molecule has 2 amide bonds. The van der Waals surface area contributed by atoms with Crippen molar-refractivity contribution in [3.63, 3.8) is 0 Å². The van der Waals surface area contributed by atoms with Crippen molar-refractivity contribution in [1.82, 2.24) is 15.5 Å². The lowest BCUT2D eigenvalue weighted by molar-refractivity contribution is -0.127. The van der Waals surface area contributed by atoms with Crippen LogP contribution in [-0.2, 0) is 9.59 Å². The molecule has 0 aromatic rings. The van der Waals surface area contributed by atoms with Gasteiger partial charge in [-0.05, 0) is 33.4 Å². The first-order chi connectivity index (χ1) is 10.1. The van der Waals surface area contributed by atoms with Crippen molar-refractivity contribution in [2.45, 2.75) is 51.0 Å². The van der Waals surface area contributed by atoms with Gasteiger partial charge in [0, 0.05) is 19.1 Å². The normalized spacial score (nSPS) is 26.2. The van der Waals surface area contributed by atoms with Gasteiger partial charge in [-0.1, -0.05) is 25.7 Å². The molecular weight excluding hydrogens is 266 g/mol. The number of hydrogen-bond donors (Lipinski definition) is 2. The SMILES string of the molecule is CN(C)CCNC(=O)C1CC1C(=O)NC1CCCCCC1. The van der Waals surface area contributed by atoms with Crippen LogP contribution in [0.15, 0.2) is 0 Å². The molecule has 21 heavy (non-hydrogen) atoms. The van der Waals surface area contributed by atoms with Crippen LogP contribution in [0, 0.1) is 11.8 Å². The number of carbonyl (C=O) groups excluding carboxylic acids is 2. The van der Waals surface area contributed by atoms with Crippen molar-refractivity contribution in [2.24, 2.45) is 11.8 Å². The maximum absolute atomic E-state index is 12.2. The highest BCUT2D eigenvalue weighted by Crippen LogP contribution is 2.39. The predicted octanol–water partition coefficient (Wildman–Crippen LogP) is 1.14. The van der Waals surface area contributed by atoms with Gasteiger partial charge in [-0.3, -0.25) is 9.59 Å². The van der Waals surface area contributed by atoms with Crippen molar-refractivity contribution >= 4 is 11.8 Å². The second kappa shape index (κ2) is 7.78. The molecule has 0 saturated heterocycles. The Kier molecular flexibility index (Phi) is 6.03. The summed E-state index contributed by atoms with van der Waals surface area (Å²) in [6.45, 7) is 1.48. The summed E-state index contributed by atoms with van der Waals surface area (Å²) in [6.07, 6.45) is 7.90. The third-order valence-electron chi connectivity index (χ3n) is 4.52. The van der Waals surface area contributed by atoms with Crippen LogP contribution in [0.2, 0.25) is 0 Å². The number of amides is 2. The second-order valence-corrected chi connectivity index (χ2v) is 6.74. The molecule has 0 aliphatic heterocycles. The van der Waals surface area contributed by atoms with Gasteiger partial charge in [0.15, 0.2) is 0 Å². The molecular formula is C16H29N3O2. The average molecular weight is 295 g/mol. The summed E-state index contributed by atoms with van der Waals surface area (Å²) in [5.41, 5.74) is 0. The predicted molar refractivity (Wildman–Crippen MR) is 82.8 cm³/mol. The third-order valence-corrected chi connectivity index (χ3v) is 4.52. The smallest absolute Gasteiger partial charge is 0.224 e. The highest BCUT2D eigenvalue weighted by atomic mass is 16.2. The number of rotatable bonds is 6. The zero-order valence-electron chi connectivity index (χ0n) is 13.4. The van der Waals surface area contributed by atoms with Crippen LogP contribution in [-0.4, -0.2) is 49.9 Å². The summed E-state index contributed by atoms with van der Waals surface area (Å²) in [5.74, 6) is -0.0573. The highest BCUT2D eigenvalue weighted by Gasteiger charge is 2.48. The van der Waals surface area contributed by atoms with Gasteiger partial charge in [-0.25, -0.2) is 0 Å². The maximum atomic E-state index is 12.2. The fraction of sp³-hybridized carbons (Fsp3) is 0.875. The topological polar surface area (TPSA) is 61.4 Å². The van der Waals surface area contributed by atoms with E-state index in [2.05, 4.69) is 10.6 Å². The molecule has 2 atom stereocenters. The van der Waals surface area contributed by atoms with Crippen molar-refractivity contribution < 1.29 is 9.59 Å². The van der Waals surface area contributed by atoms with E-state index in [1.165, 1.54) is 25.7 Å². The summed E-state index contributed by atoms with van der Waals surface area (Å²) < 4.78 is 0. The minimum Gasteiger partial charge on any atom is -0.355 e. The molecule has 0 aromatic heterocycles. The van der Waals surface area contributed by atoms with E-state index in [-0.39, 0.29) is 23.7 Å². The van der Waals surface area contributed by atoms with Crippen LogP contribution in [0.4, 0.5) is 0 Å². The minimum absolute atomic E-state index is 0.0397. The Labute approximate surface area is 127 Å². The molecule has 0 radical (unpaired) electrons. The lowest BCUT2D eigenvalue weighted by atomic mass is 10.1. The van der Waals surface area contributed by atoms with E-state index in [0.717, 1.165) is 19.4 Å². The van der Waals surface area contributed by atoms with E-state index >= 15 is 0 Å². The average Bonchev–Trinajstić information content (AvgIpc) is 3.23. The summed E-state index contributed by atoms with van der Waals surface area (Å²) >= 11 is 0. The van der Waals surface area contributed by atoms with Gasteiger partial charge in [0.25, 0.3) is 0 Å². The molecule has 2 unspecified atom stereocenters. The fourth-order valence-corrected chi connectivity index (χ4v) is 3.04. The Hall–Kier alpha value is -1.10. The molecule has 2 saturated carbocycles. The Morgan fingerprint density at radius 1 is 1.00 bits per heavy atom. The Morgan fingerprint density at radius 3 is 2.24 bits per heavy atom. The quantitative estimate of drug-likeness (QED) is 0.722. The van der Waals surface area contributed by atoms with E-state index in [0.29, 0.717) is 19.0 Å². The minimum atomic E-state index is -0.0991. The molecule has 0 aromatic carbocycles. The third kappa shape index (κ3) is 5.30. The zero-order valence-corrected chi connectivity index (χ0v) is 13.4. The van der Waals surface area contributed by atoms with Gasteiger partial charge >= 0.3 is 0 Å². The molecule has 5 nitrogen and oxygen atoms in total. The van der Waals surface area contributed by atoms with Gasteiger partial charge in [0.1, 0.15) is 0 Å². The number of likely N-dealkylation sites (N-methyl/N-ethyl adjacent to an activating group) is 1. The monoisotopic (exact) mass is 295 g/mol. The highest BCUT2D eigenvalue weighted by molar-refractivity contribution is 5.92. The molecule has 0 spiro atoms. The van der Waals surface area contributed by atoms with Gasteiger partial charge < -0.3 is 15.5 Å². The van der Waals surface area contributed by atoms with E-state index in [1.807, 2.05) is 19.0 Å². The van der Waals surface area contributed by atoms with Gasteiger partial charge in [-0.15, -0.1) is 0 Å². The van der Waals surface area contributed by atoms with Gasteiger partial charge in [0.05, 0.1) is 11.8 Å². The molecule has 2 aliphatic carbocycles. The fourth-order valence-electron chi connectivity index (χ4n) is 3.04. The largest absolute Gasteiger partial charge is 0.355 e. The number of nitrogens with zero attached hydrogens (tertiary/aromatic N) is 1. The summed E-state index contributed by atoms with van der Waals surface area (Å²) in [4.78, 5) is 26.2. The van der Waals surface area contributed by atoms with Crippen LogP contribution in [0.1, 0.15) is 44.9 Å². The number of carbonyl (C=O) groups is 2. The van der Waals surface area contributed by atoms with Crippen molar-refractivity contribution in [3.8, 4) is 0 Å². The van der Waals surface area contributed by atoms with Crippen LogP contribution < -0.4 is 10.6 Å². The number of hydrogen-bond acceptors (Lipinski definition) is 3. The van der Waals surface area contributed by atoms with E-state index in [9.17, 15) is 9.59 Å². The van der Waals surface area contributed by atoms with E-state index in [1.54, 1.807) is 0 Å². The Balaban J connectivity index is 1.67. The maximum Gasteiger partial charge on any atom is 0.224 e.